The number of fused-ring (bicyclic) bond motifs is 1. The van der Waals surface area contributed by atoms with Crippen LogP contribution in [0, 0.1) is 6.92 Å². The molecule has 0 bridgehead atoms. The second kappa shape index (κ2) is 6.29. The molecular formula is C9H9BrN4O4S. The normalized spacial score (nSPS) is 9.58. The fourth-order valence-corrected chi connectivity index (χ4v) is 2.53. The Hall–Kier alpha value is -1.94. The predicted molar refractivity (Wildman–Crippen MR) is 73.7 cm³/mol. The van der Waals surface area contributed by atoms with Crippen LogP contribution in [0.4, 0.5) is 15.3 Å². The third-order valence-electron chi connectivity index (χ3n) is 1.71. The van der Waals surface area contributed by atoms with Gasteiger partial charge in [0, 0.05) is 0 Å². The number of primary amides is 1. The lowest BCUT2D eigenvalue weighted by molar-refractivity contribution is 0.205. The molecule has 0 aliphatic carbocycles. The van der Waals surface area contributed by atoms with Gasteiger partial charge >= 0.3 is 12.2 Å². The van der Waals surface area contributed by atoms with Crippen LogP contribution in [-0.4, -0.2) is 32.4 Å². The van der Waals surface area contributed by atoms with Crippen molar-refractivity contribution in [2.45, 2.75) is 6.92 Å². The first-order valence-electron chi connectivity index (χ1n) is 4.71. The third kappa shape index (κ3) is 4.34. The van der Waals surface area contributed by atoms with E-state index in [9.17, 15) is 4.79 Å². The van der Waals surface area contributed by atoms with Gasteiger partial charge in [-0.3, -0.25) is 5.32 Å². The number of pyridine rings is 1. The number of nitrogens with two attached hydrogens (primary N) is 1. The highest BCUT2D eigenvalue weighted by Gasteiger charge is 2.11. The fourth-order valence-electron chi connectivity index (χ4n) is 1.16. The molecule has 0 aliphatic heterocycles. The molecule has 2 heterocycles. The van der Waals surface area contributed by atoms with Crippen LogP contribution in [0.2, 0.25) is 0 Å². The molecule has 102 valence electrons. The molecule has 8 nitrogen and oxygen atoms in total. The number of nitrogens with one attached hydrogen (secondary N) is 1. The Kier molecular flexibility index (Phi) is 5.01. The number of halogens is 1. The summed E-state index contributed by atoms with van der Waals surface area (Å²) in [7, 11) is 0. The molecule has 10 heteroatoms. The van der Waals surface area contributed by atoms with Gasteiger partial charge in [-0.2, -0.15) is 0 Å². The van der Waals surface area contributed by atoms with Crippen molar-refractivity contribution in [3.05, 3.63) is 15.7 Å². The van der Waals surface area contributed by atoms with E-state index >= 15 is 0 Å². The van der Waals surface area contributed by atoms with Crippen LogP contribution in [0.3, 0.4) is 0 Å². The summed E-state index contributed by atoms with van der Waals surface area (Å²) in [5.41, 5.74) is 5.11. The Balaban J connectivity index is 0.000000399. The van der Waals surface area contributed by atoms with E-state index in [-0.39, 0.29) is 0 Å². The van der Waals surface area contributed by atoms with E-state index < -0.39 is 12.2 Å². The van der Waals surface area contributed by atoms with Crippen molar-refractivity contribution in [2.75, 3.05) is 5.32 Å². The minimum Gasteiger partial charge on any atom is -0.465 e. The molecule has 5 N–H and O–H groups in total. The summed E-state index contributed by atoms with van der Waals surface area (Å²) in [6.45, 7) is 1.88. The average Bonchev–Trinajstić information content (AvgIpc) is 2.63. The van der Waals surface area contributed by atoms with Gasteiger partial charge in [0.2, 0.25) is 0 Å². The zero-order valence-corrected chi connectivity index (χ0v) is 11.9. The van der Waals surface area contributed by atoms with E-state index in [1.54, 1.807) is 0 Å². The van der Waals surface area contributed by atoms with Gasteiger partial charge in [-0.25, -0.2) is 19.6 Å². The molecule has 2 aromatic heterocycles. The van der Waals surface area contributed by atoms with Gasteiger partial charge in [0.05, 0.1) is 21.4 Å². The molecule has 2 amide bonds. The number of carboxylic acid groups (broad SMARTS) is 2. The van der Waals surface area contributed by atoms with Crippen LogP contribution >= 0.6 is 27.3 Å². The highest BCUT2D eigenvalue weighted by Crippen LogP contribution is 2.31. The van der Waals surface area contributed by atoms with Crippen molar-refractivity contribution in [3.63, 3.8) is 0 Å². The van der Waals surface area contributed by atoms with E-state index in [1.807, 2.05) is 6.92 Å². The van der Waals surface area contributed by atoms with E-state index in [2.05, 4.69) is 36.9 Å². The van der Waals surface area contributed by atoms with Gasteiger partial charge in [-0.1, -0.05) is 11.3 Å². The van der Waals surface area contributed by atoms with E-state index in [0.717, 1.165) is 9.84 Å². The van der Waals surface area contributed by atoms with Gasteiger partial charge in [0.1, 0.15) is 10.3 Å². The number of aromatic nitrogens is 2. The molecule has 0 aromatic carbocycles. The van der Waals surface area contributed by atoms with Crippen molar-refractivity contribution in [1.29, 1.82) is 0 Å². The number of hydrogen-bond acceptors (Lipinski definition) is 5. The zero-order chi connectivity index (χ0) is 14.6. The summed E-state index contributed by atoms with van der Waals surface area (Å²) in [5, 5.41) is 18.9. The maximum absolute atomic E-state index is 10.5. The first-order valence-corrected chi connectivity index (χ1v) is 6.32. The molecule has 0 saturated carbocycles. The topological polar surface area (TPSA) is 138 Å². The van der Waals surface area contributed by atoms with Crippen molar-refractivity contribution in [3.8, 4) is 0 Å². The molecule has 0 saturated heterocycles. The summed E-state index contributed by atoms with van der Waals surface area (Å²) in [4.78, 5) is 28.4. The van der Waals surface area contributed by atoms with Gasteiger partial charge in [-0.05, 0) is 22.9 Å². The molecule has 0 unspecified atom stereocenters. The number of nitrogens with zero attached hydrogens (tertiary/aromatic N) is 2. The molecular weight excluding hydrogens is 340 g/mol. The number of carbonyl (C=O) groups is 2. The summed E-state index contributed by atoms with van der Waals surface area (Å²) in [6.07, 6.45) is -0.984. The van der Waals surface area contributed by atoms with Crippen molar-refractivity contribution in [1.82, 2.24) is 9.97 Å². The van der Waals surface area contributed by atoms with E-state index in [1.165, 1.54) is 17.5 Å². The predicted octanol–water partition coefficient (Wildman–Crippen LogP) is 2.48. The summed E-state index contributed by atoms with van der Waals surface area (Å²) >= 11 is 4.77. The molecule has 2 aromatic rings. The Bertz CT molecular complexity index is 626. The third-order valence-corrected chi connectivity index (χ3v) is 3.39. The number of thiazole rings is 1. The smallest absolute Gasteiger partial charge is 0.409 e. The largest absolute Gasteiger partial charge is 0.465 e. The standard InChI is InChI=1S/C8H6BrN3O2S.CH3NO2/c1-3-11-6-5(9)4(12-8(13)14)2-10-7(6)15-3;2-1(3)4/h2,12H,1H3,(H,13,14);2H2,(H,3,4). The Morgan fingerprint density at radius 2 is 2.05 bits per heavy atom. The van der Waals surface area contributed by atoms with Crippen molar-refractivity contribution < 1.29 is 19.8 Å². The average molecular weight is 349 g/mol. The van der Waals surface area contributed by atoms with E-state index in [0.29, 0.717) is 15.7 Å². The van der Waals surface area contributed by atoms with Crippen molar-refractivity contribution in [2.24, 2.45) is 5.73 Å². The number of anilines is 1. The summed E-state index contributed by atoms with van der Waals surface area (Å²) in [6, 6.07) is 0. The molecule has 0 atom stereocenters. The molecule has 0 radical (unpaired) electrons. The minimum absolute atomic E-state index is 0.403. The van der Waals surface area contributed by atoms with Gasteiger partial charge in [0.15, 0.2) is 0 Å². The number of amides is 2. The second-order valence-corrected chi connectivity index (χ2v) is 5.12. The number of rotatable bonds is 1. The van der Waals surface area contributed by atoms with Crippen LogP contribution in [0.1, 0.15) is 5.01 Å². The first kappa shape index (κ1) is 15.1. The number of aryl methyl sites for hydroxylation is 1. The van der Waals surface area contributed by atoms with Gasteiger partial charge < -0.3 is 15.9 Å². The molecule has 0 fully saturated rings. The second-order valence-electron chi connectivity index (χ2n) is 3.14. The Morgan fingerprint density at radius 1 is 1.47 bits per heavy atom. The summed E-state index contributed by atoms with van der Waals surface area (Å²) < 4.78 is 0.624. The highest BCUT2D eigenvalue weighted by molar-refractivity contribution is 9.10. The lowest BCUT2D eigenvalue weighted by Crippen LogP contribution is -2.08. The lowest BCUT2D eigenvalue weighted by atomic mass is 10.4. The maximum atomic E-state index is 10.5. The minimum atomic E-state index is -1.33. The van der Waals surface area contributed by atoms with Gasteiger partial charge in [0.25, 0.3) is 0 Å². The number of hydrogen-bond donors (Lipinski definition) is 4. The van der Waals surface area contributed by atoms with Crippen LogP contribution in [0.15, 0.2) is 10.7 Å². The highest BCUT2D eigenvalue weighted by atomic mass is 79.9. The fraction of sp³-hybridized carbons (Fsp3) is 0.111. The van der Waals surface area contributed by atoms with Crippen LogP contribution < -0.4 is 11.1 Å². The summed E-state index contributed by atoms with van der Waals surface area (Å²) in [5.74, 6) is 0. The first-order chi connectivity index (χ1) is 8.81. The molecule has 0 spiro atoms. The van der Waals surface area contributed by atoms with E-state index in [4.69, 9.17) is 15.0 Å². The Morgan fingerprint density at radius 3 is 2.58 bits per heavy atom. The SMILES string of the molecule is Cc1nc2c(Br)c(NC(=O)O)cnc2s1.NC(=O)O. The maximum Gasteiger partial charge on any atom is 0.409 e. The monoisotopic (exact) mass is 348 g/mol. The molecule has 19 heavy (non-hydrogen) atoms. The lowest BCUT2D eigenvalue weighted by Gasteiger charge is -2.02. The molecule has 2 rings (SSSR count). The van der Waals surface area contributed by atoms with Crippen molar-refractivity contribution >= 4 is 55.5 Å². The zero-order valence-electron chi connectivity index (χ0n) is 9.55. The van der Waals surface area contributed by atoms with Crippen LogP contribution in [-0.2, 0) is 0 Å². The molecule has 0 aliphatic rings. The van der Waals surface area contributed by atoms with Gasteiger partial charge in [-0.15, -0.1) is 0 Å². The quantitative estimate of drug-likeness (QED) is 0.624. The van der Waals surface area contributed by atoms with Crippen LogP contribution in [0.25, 0.3) is 10.3 Å². The Labute approximate surface area is 119 Å². The van der Waals surface area contributed by atoms with Crippen LogP contribution in [0.5, 0.6) is 0 Å².